The van der Waals surface area contributed by atoms with Gasteiger partial charge in [-0.2, -0.15) is 0 Å². The van der Waals surface area contributed by atoms with E-state index in [1.165, 1.54) is 0 Å². The zero-order valence-corrected chi connectivity index (χ0v) is 15.2. The number of aliphatic hydroxyl groups is 1. The predicted octanol–water partition coefficient (Wildman–Crippen LogP) is 2.10. The Labute approximate surface area is 152 Å². The van der Waals surface area contributed by atoms with Gasteiger partial charge in [0.05, 0.1) is 18.5 Å². The number of aliphatic hydroxyl groups excluding tert-OH is 1. The number of carboxylic acids is 1. The van der Waals surface area contributed by atoms with Crippen LogP contribution in [-0.2, 0) is 9.59 Å². The third-order valence-electron chi connectivity index (χ3n) is 5.73. The lowest BCUT2D eigenvalue weighted by atomic mass is 9.68. The number of fused-ring (bicyclic) bond motifs is 1. The van der Waals surface area contributed by atoms with Gasteiger partial charge in [-0.1, -0.05) is 6.92 Å². The number of ketones is 1. The van der Waals surface area contributed by atoms with Gasteiger partial charge in [0.25, 0.3) is 0 Å². The smallest absolute Gasteiger partial charge is 0.323 e. The van der Waals surface area contributed by atoms with Crippen molar-refractivity contribution in [3.63, 3.8) is 0 Å². The first kappa shape index (κ1) is 18.5. The molecular formula is C19H26N2O5. The van der Waals surface area contributed by atoms with Crippen LogP contribution in [0.3, 0.4) is 0 Å². The van der Waals surface area contributed by atoms with Crippen molar-refractivity contribution in [3.05, 3.63) is 18.2 Å². The molecule has 0 amide bonds. The molecule has 3 rings (SSSR count). The van der Waals surface area contributed by atoms with E-state index >= 15 is 0 Å². The Balaban J connectivity index is 1.86. The number of carbonyl (C=O) groups excluding carboxylic acids is 1. The molecule has 1 fully saturated rings. The number of nitrogens with one attached hydrogen (secondary N) is 1. The number of hydrogen-bond acceptors (Lipinski definition) is 6. The summed E-state index contributed by atoms with van der Waals surface area (Å²) in [7, 11) is 1.55. The molecule has 0 radical (unpaired) electrons. The van der Waals surface area contributed by atoms with Gasteiger partial charge in [0.2, 0.25) is 0 Å². The molecule has 1 heterocycles. The number of anilines is 2. The van der Waals surface area contributed by atoms with E-state index in [1.54, 1.807) is 30.2 Å². The molecule has 1 unspecified atom stereocenters. The number of aliphatic carboxylic acids is 1. The molecule has 26 heavy (non-hydrogen) atoms. The Morgan fingerprint density at radius 3 is 2.62 bits per heavy atom. The molecule has 0 bridgehead atoms. The number of rotatable bonds is 6. The van der Waals surface area contributed by atoms with Gasteiger partial charge in [-0.15, -0.1) is 0 Å². The summed E-state index contributed by atoms with van der Waals surface area (Å²) in [5, 5.41) is 21.9. The van der Waals surface area contributed by atoms with Crippen LogP contribution in [0.1, 0.15) is 32.6 Å². The fourth-order valence-electron chi connectivity index (χ4n) is 3.97. The summed E-state index contributed by atoms with van der Waals surface area (Å²) >= 11 is 0. The van der Waals surface area contributed by atoms with Crippen molar-refractivity contribution in [1.82, 2.24) is 0 Å². The van der Waals surface area contributed by atoms with E-state index in [0.717, 1.165) is 18.5 Å². The average Bonchev–Trinajstić information content (AvgIpc) is 2.98. The highest BCUT2D eigenvalue weighted by atomic mass is 16.5. The fourth-order valence-corrected chi connectivity index (χ4v) is 3.97. The first-order chi connectivity index (χ1) is 12.4. The number of benzene rings is 1. The summed E-state index contributed by atoms with van der Waals surface area (Å²) in [4.78, 5) is 26.3. The maximum atomic E-state index is 13.3. The number of Topliss-reactive ketones (excluding diaryl/α,β-unsaturated/α-hetero) is 1. The monoisotopic (exact) mass is 362 g/mol. The highest BCUT2D eigenvalue weighted by molar-refractivity contribution is 5.99. The zero-order chi connectivity index (χ0) is 18.9. The van der Waals surface area contributed by atoms with Crippen LogP contribution in [0.5, 0.6) is 5.75 Å². The zero-order valence-electron chi connectivity index (χ0n) is 15.2. The van der Waals surface area contributed by atoms with Crippen molar-refractivity contribution in [1.29, 1.82) is 0 Å². The van der Waals surface area contributed by atoms with E-state index in [4.69, 9.17) is 4.74 Å². The van der Waals surface area contributed by atoms with Crippen molar-refractivity contribution in [2.24, 2.45) is 11.3 Å². The number of carboxylic acid groups (broad SMARTS) is 1. The SMILES string of the molecule is COc1ccc2c(c1)N(CC(=O)O)C(C(=O)C1(C)CCC(CO)CC1)N2. The molecule has 1 aliphatic carbocycles. The highest BCUT2D eigenvalue weighted by Crippen LogP contribution is 2.44. The van der Waals surface area contributed by atoms with Crippen molar-refractivity contribution < 1.29 is 24.5 Å². The van der Waals surface area contributed by atoms with Crippen LogP contribution in [0.2, 0.25) is 0 Å². The molecule has 1 atom stereocenters. The molecule has 1 aliphatic heterocycles. The molecule has 1 aromatic rings. The first-order valence-electron chi connectivity index (χ1n) is 8.96. The Kier molecular flexibility index (Phi) is 5.09. The van der Waals surface area contributed by atoms with E-state index in [1.807, 2.05) is 6.92 Å². The molecular weight excluding hydrogens is 336 g/mol. The van der Waals surface area contributed by atoms with Gasteiger partial charge in [-0.25, -0.2) is 0 Å². The summed E-state index contributed by atoms with van der Waals surface area (Å²) < 4.78 is 5.24. The normalized spacial score (nSPS) is 27.6. The fraction of sp³-hybridized carbons (Fsp3) is 0.579. The van der Waals surface area contributed by atoms with Crippen molar-refractivity contribution in [3.8, 4) is 5.75 Å². The second kappa shape index (κ2) is 7.15. The quantitative estimate of drug-likeness (QED) is 0.713. The van der Waals surface area contributed by atoms with Gasteiger partial charge < -0.3 is 25.2 Å². The van der Waals surface area contributed by atoms with E-state index in [2.05, 4.69) is 5.32 Å². The molecule has 7 nitrogen and oxygen atoms in total. The van der Waals surface area contributed by atoms with Gasteiger partial charge in [0.1, 0.15) is 12.3 Å². The maximum absolute atomic E-state index is 13.3. The van der Waals surface area contributed by atoms with Gasteiger partial charge >= 0.3 is 5.97 Å². The van der Waals surface area contributed by atoms with Crippen LogP contribution in [0.4, 0.5) is 11.4 Å². The minimum Gasteiger partial charge on any atom is -0.497 e. The lowest BCUT2D eigenvalue weighted by Crippen LogP contribution is -2.51. The first-order valence-corrected chi connectivity index (χ1v) is 8.96. The number of nitrogens with zero attached hydrogens (tertiary/aromatic N) is 1. The van der Waals surface area contributed by atoms with Crippen LogP contribution in [0, 0.1) is 11.3 Å². The molecule has 0 saturated heterocycles. The summed E-state index contributed by atoms with van der Waals surface area (Å²) in [6.45, 7) is 1.84. The average molecular weight is 362 g/mol. The van der Waals surface area contributed by atoms with Gasteiger partial charge in [0.15, 0.2) is 11.9 Å². The summed E-state index contributed by atoms with van der Waals surface area (Å²) in [6.07, 6.45) is 2.32. The highest BCUT2D eigenvalue weighted by Gasteiger charge is 2.45. The second-order valence-electron chi connectivity index (χ2n) is 7.50. The van der Waals surface area contributed by atoms with Crippen LogP contribution in [0.15, 0.2) is 18.2 Å². The minimum absolute atomic E-state index is 0.00491. The largest absolute Gasteiger partial charge is 0.497 e. The maximum Gasteiger partial charge on any atom is 0.323 e. The van der Waals surface area contributed by atoms with Crippen molar-refractivity contribution in [2.45, 2.75) is 38.8 Å². The molecule has 3 N–H and O–H groups in total. The van der Waals surface area contributed by atoms with Crippen LogP contribution < -0.4 is 15.0 Å². The summed E-state index contributed by atoms with van der Waals surface area (Å²) in [5.74, 6) is -0.118. The van der Waals surface area contributed by atoms with Crippen molar-refractivity contribution in [2.75, 3.05) is 30.5 Å². The van der Waals surface area contributed by atoms with Crippen LogP contribution in [0.25, 0.3) is 0 Å². The summed E-state index contributed by atoms with van der Waals surface area (Å²) in [5.41, 5.74) is 0.877. The molecule has 142 valence electrons. The predicted molar refractivity (Wildman–Crippen MR) is 97.5 cm³/mol. The number of hydrogen-bond donors (Lipinski definition) is 3. The number of ether oxygens (including phenoxy) is 1. The Hall–Kier alpha value is -2.28. The lowest BCUT2D eigenvalue weighted by Gasteiger charge is -2.38. The van der Waals surface area contributed by atoms with Crippen LogP contribution >= 0.6 is 0 Å². The van der Waals surface area contributed by atoms with E-state index in [9.17, 15) is 19.8 Å². The van der Waals surface area contributed by atoms with Gasteiger partial charge in [-0.3, -0.25) is 9.59 Å². The number of methoxy groups -OCH3 is 1. The topological polar surface area (TPSA) is 99.1 Å². The third kappa shape index (κ3) is 3.35. The molecule has 1 aromatic carbocycles. The molecule has 7 heteroatoms. The van der Waals surface area contributed by atoms with Gasteiger partial charge in [0, 0.05) is 18.1 Å². The molecule has 2 aliphatic rings. The molecule has 0 aromatic heterocycles. The minimum atomic E-state index is -0.991. The molecule has 1 saturated carbocycles. The van der Waals surface area contributed by atoms with Crippen LogP contribution in [-0.4, -0.2) is 48.4 Å². The van der Waals surface area contributed by atoms with Gasteiger partial charge in [-0.05, 0) is 43.7 Å². The Morgan fingerprint density at radius 1 is 1.35 bits per heavy atom. The second-order valence-corrected chi connectivity index (χ2v) is 7.50. The van der Waals surface area contributed by atoms with Crippen molar-refractivity contribution >= 4 is 23.1 Å². The van der Waals surface area contributed by atoms with E-state index < -0.39 is 17.6 Å². The Bertz CT molecular complexity index is 697. The van der Waals surface area contributed by atoms with E-state index in [-0.39, 0.29) is 24.9 Å². The number of carbonyl (C=O) groups is 2. The third-order valence-corrected chi connectivity index (χ3v) is 5.73. The Morgan fingerprint density at radius 2 is 2.04 bits per heavy atom. The standard InChI is InChI=1S/C19H26N2O5/c1-19(7-5-12(11-22)6-8-19)17(25)18-20-14-4-3-13(26-2)9-15(14)21(18)10-16(23)24/h3-4,9,12,18,20,22H,5-8,10-11H2,1-2H3,(H,23,24). The summed E-state index contributed by atoms with van der Waals surface area (Å²) in [6, 6.07) is 5.34. The lowest BCUT2D eigenvalue weighted by molar-refractivity contribution is -0.135. The molecule has 0 spiro atoms. The van der Waals surface area contributed by atoms with E-state index in [0.29, 0.717) is 24.3 Å².